The summed E-state index contributed by atoms with van der Waals surface area (Å²) in [6, 6.07) is 3.32. The number of hydrogen-bond donors (Lipinski definition) is 1. The largest absolute Gasteiger partial charge is 0.477 e. The molecule has 1 saturated carbocycles. The molecule has 0 saturated heterocycles. The van der Waals surface area contributed by atoms with Crippen LogP contribution in [0.15, 0.2) is 24.5 Å². The predicted octanol–water partition coefficient (Wildman–Crippen LogP) is 3.13. The Hall–Kier alpha value is -2.96. The summed E-state index contributed by atoms with van der Waals surface area (Å²) < 4.78 is 5.89. The van der Waals surface area contributed by atoms with Crippen LogP contribution in [0.5, 0.6) is 5.88 Å². The molecule has 0 radical (unpaired) electrons. The van der Waals surface area contributed by atoms with Crippen molar-refractivity contribution in [3.05, 3.63) is 52.5 Å². The molecule has 1 atom stereocenters. The van der Waals surface area contributed by atoms with E-state index in [2.05, 4.69) is 9.97 Å². The second-order valence-corrected chi connectivity index (χ2v) is 7.16. The minimum atomic E-state index is -1.12. The average Bonchev–Trinajstić information content (AvgIpc) is 2.95. The van der Waals surface area contributed by atoms with Crippen molar-refractivity contribution < 1.29 is 19.4 Å². The lowest BCUT2D eigenvalue weighted by molar-refractivity contribution is 0.0678. The third-order valence-electron chi connectivity index (χ3n) is 5.41. The number of aryl methyl sites for hydroxylation is 1. The third kappa shape index (κ3) is 3.03. The molecule has 0 aromatic carbocycles. The molecule has 0 spiro atoms. The number of carbonyl (C=O) groups excluding carboxylic acids is 1. The van der Waals surface area contributed by atoms with Crippen molar-refractivity contribution in [1.82, 2.24) is 14.9 Å². The number of aromatic nitrogens is 2. The summed E-state index contributed by atoms with van der Waals surface area (Å²) in [5.41, 5.74) is 2.64. The fraction of sp³-hybridized carbons (Fsp3) is 0.400. The molecule has 1 amide bonds. The van der Waals surface area contributed by atoms with Gasteiger partial charge in [0, 0.05) is 35.6 Å². The van der Waals surface area contributed by atoms with Gasteiger partial charge in [0.2, 0.25) is 5.88 Å². The Bertz CT molecular complexity index is 923. The molecule has 1 unspecified atom stereocenters. The van der Waals surface area contributed by atoms with Crippen molar-refractivity contribution in [2.75, 3.05) is 0 Å². The fourth-order valence-corrected chi connectivity index (χ4v) is 3.51. The molecular weight excluding hydrogens is 346 g/mol. The van der Waals surface area contributed by atoms with E-state index >= 15 is 0 Å². The highest BCUT2D eigenvalue weighted by Gasteiger charge is 2.35. The molecular formula is C20H21N3O4. The standard InChI is InChI=1S/C20H21N3O4/c1-11-8-13(9-22-18(11)27-14-4-3-5-14)12(2)23-10-16-15(19(23)24)6-7-21-17(16)20(25)26/h6-9,12,14H,3-5,10H2,1-2H3,(H,25,26). The topological polar surface area (TPSA) is 92.6 Å². The zero-order valence-corrected chi connectivity index (χ0v) is 15.3. The second-order valence-electron chi connectivity index (χ2n) is 7.16. The van der Waals surface area contributed by atoms with E-state index in [-0.39, 0.29) is 30.3 Å². The Morgan fingerprint density at radius 1 is 1.37 bits per heavy atom. The molecule has 4 rings (SSSR count). The first-order valence-corrected chi connectivity index (χ1v) is 9.11. The van der Waals surface area contributed by atoms with Crippen LogP contribution in [-0.4, -0.2) is 38.0 Å². The van der Waals surface area contributed by atoms with E-state index < -0.39 is 5.97 Å². The van der Waals surface area contributed by atoms with E-state index in [0.29, 0.717) is 17.0 Å². The summed E-state index contributed by atoms with van der Waals surface area (Å²) in [6.45, 7) is 4.09. The lowest BCUT2D eigenvalue weighted by Gasteiger charge is -2.28. The van der Waals surface area contributed by atoms with E-state index in [1.165, 1.54) is 12.6 Å². The molecule has 7 nitrogen and oxygen atoms in total. The smallest absolute Gasteiger partial charge is 0.354 e. The molecule has 1 aliphatic heterocycles. The zero-order valence-electron chi connectivity index (χ0n) is 15.3. The van der Waals surface area contributed by atoms with E-state index in [0.717, 1.165) is 24.0 Å². The van der Waals surface area contributed by atoms with Crippen molar-refractivity contribution >= 4 is 11.9 Å². The minimum Gasteiger partial charge on any atom is -0.477 e. The maximum Gasteiger partial charge on any atom is 0.354 e. The normalized spacial score (nSPS) is 17.4. The number of nitrogens with zero attached hydrogens (tertiary/aromatic N) is 3. The number of carboxylic acids is 1. The SMILES string of the molecule is Cc1cc(C(C)N2Cc3c(ccnc3C(=O)O)C2=O)cnc1OC1CCC1. The molecule has 0 bridgehead atoms. The predicted molar refractivity (Wildman–Crippen MR) is 96.7 cm³/mol. The van der Waals surface area contributed by atoms with Gasteiger partial charge in [-0.1, -0.05) is 0 Å². The van der Waals surface area contributed by atoms with Crippen molar-refractivity contribution in [2.45, 2.75) is 51.8 Å². The lowest BCUT2D eigenvalue weighted by atomic mass is 9.96. The van der Waals surface area contributed by atoms with Gasteiger partial charge in [0.25, 0.3) is 5.91 Å². The minimum absolute atomic E-state index is 0.0610. The number of aromatic carboxylic acids is 1. The molecule has 1 fully saturated rings. The van der Waals surface area contributed by atoms with Gasteiger partial charge in [-0.05, 0) is 50.8 Å². The van der Waals surface area contributed by atoms with E-state index in [1.54, 1.807) is 17.2 Å². The highest BCUT2D eigenvalue weighted by Crippen LogP contribution is 2.33. The summed E-state index contributed by atoms with van der Waals surface area (Å²) in [4.78, 5) is 34.2. The lowest BCUT2D eigenvalue weighted by Crippen LogP contribution is -2.28. The van der Waals surface area contributed by atoms with Crippen molar-refractivity contribution in [3.8, 4) is 5.88 Å². The van der Waals surface area contributed by atoms with E-state index in [4.69, 9.17) is 4.74 Å². The van der Waals surface area contributed by atoms with Crippen LogP contribution < -0.4 is 4.74 Å². The van der Waals surface area contributed by atoms with Crippen molar-refractivity contribution in [3.63, 3.8) is 0 Å². The van der Waals surface area contributed by atoms with Crippen LogP contribution in [-0.2, 0) is 6.54 Å². The molecule has 2 aliphatic rings. The fourth-order valence-electron chi connectivity index (χ4n) is 3.51. The summed E-state index contributed by atoms with van der Waals surface area (Å²) in [7, 11) is 0. The quantitative estimate of drug-likeness (QED) is 0.873. The Balaban J connectivity index is 1.57. The highest BCUT2D eigenvalue weighted by molar-refractivity contribution is 6.01. The number of rotatable bonds is 5. The molecule has 27 heavy (non-hydrogen) atoms. The zero-order chi connectivity index (χ0) is 19.1. The summed E-state index contributed by atoms with van der Waals surface area (Å²) in [5, 5.41) is 9.32. The monoisotopic (exact) mass is 367 g/mol. The number of pyridine rings is 2. The van der Waals surface area contributed by atoms with Gasteiger partial charge in [-0.25, -0.2) is 14.8 Å². The van der Waals surface area contributed by atoms with Gasteiger partial charge in [-0.3, -0.25) is 4.79 Å². The highest BCUT2D eigenvalue weighted by atomic mass is 16.5. The van der Waals surface area contributed by atoms with Crippen LogP contribution in [0.2, 0.25) is 0 Å². The number of carboxylic acid groups (broad SMARTS) is 1. The second kappa shape index (κ2) is 6.64. The Kier molecular flexibility index (Phi) is 4.30. The number of hydrogen-bond acceptors (Lipinski definition) is 5. The van der Waals surface area contributed by atoms with Gasteiger partial charge < -0.3 is 14.7 Å². The van der Waals surface area contributed by atoms with E-state index in [9.17, 15) is 14.7 Å². The van der Waals surface area contributed by atoms with Crippen molar-refractivity contribution in [2.24, 2.45) is 0 Å². The van der Waals surface area contributed by atoms with Gasteiger partial charge in [0.15, 0.2) is 5.69 Å². The molecule has 3 heterocycles. The van der Waals surface area contributed by atoms with Crippen LogP contribution in [0.3, 0.4) is 0 Å². The van der Waals surface area contributed by atoms with Crippen LogP contribution in [0.4, 0.5) is 0 Å². The van der Waals surface area contributed by atoms with Gasteiger partial charge in [0.05, 0.1) is 6.04 Å². The first kappa shape index (κ1) is 17.5. The van der Waals surface area contributed by atoms with Gasteiger partial charge in [0.1, 0.15) is 6.10 Å². The van der Waals surface area contributed by atoms with Crippen LogP contribution in [0.25, 0.3) is 0 Å². The molecule has 7 heteroatoms. The maximum absolute atomic E-state index is 12.8. The van der Waals surface area contributed by atoms with Crippen LogP contribution in [0.1, 0.15) is 69.8 Å². The van der Waals surface area contributed by atoms with Gasteiger partial charge in [-0.2, -0.15) is 0 Å². The first-order chi connectivity index (χ1) is 13.0. The van der Waals surface area contributed by atoms with Gasteiger partial charge in [-0.15, -0.1) is 0 Å². The summed E-state index contributed by atoms with van der Waals surface area (Å²) >= 11 is 0. The average molecular weight is 367 g/mol. The maximum atomic E-state index is 12.8. The van der Waals surface area contributed by atoms with Crippen molar-refractivity contribution in [1.29, 1.82) is 0 Å². The third-order valence-corrected chi connectivity index (χ3v) is 5.41. The Labute approximate surface area is 157 Å². The molecule has 1 N–H and O–H groups in total. The summed E-state index contributed by atoms with van der Waals surface area (Å²) in [6.07, 6.45) is 6.70. The number of amides is 1. The van der Waals surface area contributed by atoms with Crippen LogP contribution >= 0.6 is 0 Å². The number of ether oxygens (including phenoxy) is 1. The van der Waals surface area contributed by atoms with Gasteiger partial charge >= 0.3 is 5.97 Å². The number of carbonyl (C=O) groups is 2. The molecule has 2 aromatic rings. The molecule has 140 valence electrons. The Morgan fingerprint density at radius 2 is 2.15 bits per heavy atom. The summed E-state index contributed by atoms with van der Waals surface area (Å²) in [5.74, 6) is -0.664. The number of fused-ring (bicyclic) bond motifs is 1. The van der Waals surface area contributed by atoms with E-state index in [1.807, 2.05) is 19.9 Å². The Morgan fingerprint density at radius 3 is 2.78 bits per heavy atom. The molecule has 1 aliphatic carbocycles. The first-order valence-electron chi connectivity index (χ1n) is 9.11. The molecule has 2 aromatic heterocycles. The van der Waals surface area contributed by atoms with Crippen LogP contribution in [0, 0.1) is 6.92 Å².